The molecule has 0 aliphatic carbocycles. The molecule has 0 aliphatic rings. The van der Waals surface area contributed by atoms with Gasteiger partial charge in [-0.1, -0.05) is 19.4 Å². The molecule has 0 radical (unpaired) electrons. The molecule has 0 aliphatic heterocycles. The van der Waals surface area contributed by atoms with Gasteiger partial charge in [-0.3, -0.25) is 0 Å². The van der Waals surface area contributed by atoms with E-state index in [1.54, 1.807) is 6.08 Å². The summed E-state index contributed by atoms with van der Waals surface area (Å²) < 4.78 is 5.37. The molecule has 0 bridgehead atoms. The van der Waals surface area contributed by atoms with Crippen molar-refractivity contribution in [2.75, 3.05) is 26.3 Å². The van der Waals surface area contributed by atoms with Crippen molar-refractivity contribution >= 4 is 5.97 Å². The Balaban J connectivity index is 3.02. The molecule has 0 aromatic rings. The fraction of sp³-hybridized carbons (Fsp3) is 0.727. The van der Waals surface area contributed by atoms with E-state index in [0.717, 1.165) is 45.1 Å². The number of nitrogens with one attached hydrogen (secondary N) is 1. The van der Waals surface area contributed by atoms with Crippen LogP contribution in [0.1, 0.15) is 26.2 Å². The van der Waals surface area contributed by atoms with E-state index in [0.29, 0.717) is 6.54 Å². The van der Waals surface area contributed by atoms with E-state index in [9.17, 15) is 4.79 Å². The molecule has 0 saturated heterocycles. The van der Waals surface area contributed by atoms with Crippen LogP contribution < -0.4 is 5.32 Å². The lowest BCUT2D eigenvalue weighted by Crippen LogP contribution is -2.17. The van der Waals surface area contributed by atoms with Crippen molar-refractivity contribution in [2.24, 2.45) is 0 Å². The van der Waals surface area contributed by atoms with Gasteiger partial charge in [-0.25, -0.2) is 4.79 Å². The van der Waals surface area contributed by atoms with Crippen LogP contribution in [0.15, 0.2) is 12.2 Å². The van der Waals surface area contributed by atoms with Gasteiger partial charge in [0.25, 0.3) is 0 Å². The van der Waals surface area contributed by atoms with Gasteiger partial charge in [-0.05, 0) is 19.4 Å². The summed E-state index contributed by atoms with van der Waals surface area (Å²) in [5.74, 6) is -0.903. The highest BCUT2D eigenvalue weighted by atomic mass is 16.5. The Morgan fingerprint density at radius 2 is 2.13 bits per heavy atom. The second kappa shape index (κ2) is 11.2. The topological polar surface area (TPSA) is 58.6 Å². The molecular weight excluding hydrogens is 194 g/mol. The fourth-order valence-corrected chi connectivity index (χ4v) is 0.993. The highest BCUT2D eigenvalue weighted by Gasteiger charge is 1.89. The summed E-state index contributed by atoms with van der Waals surface area (Å²) in [6.07, 6.45) is 5.99. The standard InChI is InChI=1S/C11H21NO3/c1-2-3-9-15-10-5-8-12-7-4-6-11(13)14/h4,6,12H,2-3,5,7-10H2,1H3,(H,13,14)/b6-4+. The Bertz CT molecular complexity index is 181. The van der Waals surface area contributed by atoms with Crippen molar-refractivity contribution in [3.05, 3.63) is 12.2 Å². The Labute approximate surface area is 91.3 Å². The number of aliphatic carboxylic acids is 1. The second-order valence-corrected chi connectivity index (χ2v) is 3.26. The first kappa shape index (κ1) is 14.1. The molecule has 0 aromatic heterocycles. The lowest BCUT2D eigenvalue weighted by atomic mass is 10.3. The number of carbonyl (C=O) groups is 1. The Morgan fingerprint density at radius 3 is 2.80 bits per heavy atom. The van der Waals surface area contributed by atoms with E-state index in [1.165, 1.54) is 0 Å². The van der Waals surface area contributed by atoms with Gasteiger partial charge in [-0.2, -0.15) is 0 Å². The van der Waals surface area contributed by atoms with Gasteiger partial charge in [0, 0.05) is 25.8 Å². The Hall–Kier alpha value is -0.870. The van der Waals surface area contributed by atoms with Gasteiger partial charge < -0.3 is 15.2 Å². The summed E-state index contributed by atoms with van der Waals surface area (Å²) in [6.45, 7) is 5.21. The SMILES string of the molecule is CCCCOCCCNC/C=C/C(=O)O. The maximum absolute atomic E-state index is 10.1. The van der Waals surface area contributed by atoms with Crippen LogP contribution in [0.25, 0.3) is 0 Å². The van der Waals surface area contributed by atoms with Crippen molar-refractivity contribution in [3.63, 3.8) is 0 Å². The fourth-order valence-electron chi connectivity index (χ4n) is 0.993. The molecule has 0 atom stereocenters. The smallest absolute Gasteiger partial charge is 0.328 e. The molecule has 0 heterocycles. The van der Waals surface area contributed by atoms with Gasteiger partial charge >= 0.3 is 5.97 Å². The zero-order valence-corrected chi connectivity index (χ0v) is 9.37. The number of carboxylic acid groups (broad SMARTS) is 1. The molecule has 15 heavy (non-hydrogen) atoms. The van der Waals surface area contributed by atoms with Crippen LogP contribution in [0.3, 0.4) is 0 Å². The number of unbranched alkanes of at least 4 members (excludes halogenated alkanes) is 1. The summed E-state index contributed by atoms with van der Waals surface area (Å²) in [5.41, 5.74) is 0. The number of ether oxygens (including phenoxy) is 1. The second-order valence-electron chi connectivity index (χ2n) is 3.26. The summed E-state index contributed by atoms with van der Waals surface area (Å²) in [4.78, 5) is 10.1. The van der Waals surface area contributed by atoms with E-state index in [4.69, 9.17) is 9.84 Å². The van der Waals surface area contributed by atoms with Gasteiger partial charge in [0.2, 0.25) is 0 Å². The van der Waals surface area contributed by atoms with Crippen LogP contribution in [0.2, 0.25) is 0 Å². The molecule has 0 fully saturated rings. The van der Waals surface area contributed by atoms with Crippen molar-refractivity contribution in [1.29, 1.82) is 0 Å². The predicted molar refractivity (Wildman–Crippen MR) is 60.0 cm³/mol. The maximum Gasteiger partial charge on any atom is 0.328 e. The molecule has 0 spiro atoms. The van der Waals surface area contributed by atoms with E-state index in [-0.39, 0.29) is 0 Å². The molecule has 0 saturated carbocycles. The molecule has 0 aromatic carbocycles. The van der Waals surface area contributed by atoms with E-state index < -0.39 is 5.97 Å². The summed E-state index contributed by atoms with van der Waals surface area (Å²) >= 11 is 0. The van der Waals surface area contributed by atoms with Crippen LogP contribution in [0.5, 0.6) is 0 Å². The van der Waals surface area contributed by atoms with Gasteiger partial charge in [-0.15, -0.1) is 0 Å². The molecular formula is C11H21NO3. The van der Waals surface area contributed by atoms with Crippen molar-refractivity contribution < 1.29 is 14.6 Å². The minimum absolute atomic E-state index is 0.598. The molecule has 88 valence electrons. The van der Waals surface area contributed by atoms with Gasteiger partial charge in [0.05, 0.1) is 0 Å². The lowest BCUT2D eigenvalue weighted by molar-refractivity contribution is -0.131. The first-order valence-electron chi connectivity index (χ1n) is 5.45. The zero-order chi connectivity index (χ0) is 11.4. The lowest BCUT2D eigenvalue weighted by Gasteiger charge is -2.03. The molecule has 0 amide bonds. The monoisotopic (exact) mass is 215 g/mol. The molecule has 0 rings (SSSR count). The first-order valence-corrected chi connectivity index (χ1v) is 5.45. The summed E-state index contributed by atoms with van der Waals surface area (Å²) in [7, 11) is 0. The highest BCUT2D eigenvalue weighted by Crippen LogP contribution is 1.88. The van der Waals surface area contributed by atoms with Gasteiger partial charge in [0.15, 0.2) is 0 Å². The van der Waals surface area contributed by atoms with Crippen LogP contribution in [0.4, 0.5) is 0 Å². The van der Waals surface area contributed by atoms with Crippen LogP contribution in [-0.4, -0.2) is 37.4 Å². The Morgan fingerprint density at radius 1 is 1.40 bits per heavy atom. The number of rotatable bonds is 10. The van der Waals surface area contributed by atoms with Crippen molar-refractivity contribution in [3.8, 4) is 0 Å². The van der Waals surface area contributed by atoms with E-state index in [1.807, 2.05) is 0 Å². The summed E-state index contributed by atoms with van der Waals surface area (Å²) in [6, 6.07) is 0. The first-order chi connectivity index (χ1) is 7.27. The Kier molecular flexibility index (Phi) is 10.6. The molecule has 4 nitrogen and oxygen atoms in total. The number of hydrogen-bond donors (Lipinski definition) is 2. The molecule has 4 heteroatoms. The number of hydrogen-bond acceptors (Lipinski definition) is 3. The van der Waals surface area contributed by atoms with Crippen LogP contribution in [0, 0.1) is 0 Å². The minimum atomic E-state index is -0.903. The normalized spacial score (nSPS) is 11.0. The third-order valence-electron chi connectivity index (χ3n) is 1.81. The number of carboxylic acids is 1. The molecule has 2 N–H and O–H groups in total. The maximum atomic E-state index is 10.1. The largest absolute Gasteiger partial charge is 0.478 e. The summed E-state index contributed by atoms with van der Waals surface area (Å²) in [5, 5.41) is 11.4. The van der Waals surface area contributed by atoms with Crippen molar-refractivity contribution in [1.82, 2.24) is 5.32 Å². The van der Waals surface area contributed by atoms with E-state index in [2.05, 4.69) is 12.2 Å². The minimum Gasteiger partial charge on any atom is -0.478 e. The third kappa shape index (κ3) is 13.1. The average Bonchev–Trinajstić information content (AvgIpc) is 2.20. The average molecular weight is 215 g/mol. The molecule has 0 unspecified atom stereocenters. The van der Waals surface area contributed by atoms with Crippen LogP contribution >= 0.6 is 0 Å². The predicted octanol–water partition coefficient (Wildman–Crippen LogP) is 1.42. The van der Waals surface area contributed by atoms with Crippen LogP contribution in [-0.2, 0) is 9.53 Å². The van der Waals surface area contributed by atoms with Gasteiger partial charge in [0.1, 0.15) is 0 Å². The van der Waals surface area contributed by atoms with E-state index >= 15 is 0 Å². The third-order valence-corrected chi connectivity index (χ3v) is 1.81. The zero-order valence-electron chi connectivity index (χ0n) is 9.37. The quantitative estimate of drug-likeness (QED) is 0.427. The highest BCUT2D eigenvalue weighted by molar-refractivity contribution is 5.79. The van der Waals surface area contributed by atoms with Crippen molar-refractivity contribution in [2.45, 2.75) is 26.2 Å².